The van der Waals surface area contributed by atoms with Crippen molar-refractivity contribution in [2.24, 2.45) is 0 Å². The highest BCUT2D eigenvalue weighted by Gasteiger charge is 2.18. The van der Waals surface area contributed by atoms with Crippen LogP contribution in [0.25, 0.3) is 0 Å². The Labute approximate surface area is 174 Å². The summed E-state index contributed by atoms with van der Waals surface area (Å²) in [6.07, 6.45) is 0. The zero-order valence-electron chi connectivity index (χ0n) is 15.5. The largest absolute Gasteiger partial charge is 0.369 e. The summed E-state index contributed by atoms with van der Waals surface area (Å²) in [5.74, 6) is -0.0593. The van der Waals surface area contributed by atoms with E-state index >= 15 is 0 Å². The molecule has 0 aliphatic carbocycles. The van der Waals surface area contributed by atoms with Crippen molar-refractivity contribution < 1.29 is 4.79 Å². The fourth-order valence-corrected chi connectivity index (χ4v) is 4.20. The van der Waals surface area contributed by atoms with Gasteiger partial charge in [-0.15, -0.1) is 11.3 Å². The van der Waals surface area contributed by atoms with Gasteiger partial charge in [0, 0.05) is 49.1 Å². The average Bonchev–Trinajstić information content (AvgIpc) is 3.26. The second-order valence-corrected chi connectivity index (χ2v) is 8.19. The van der Waals surface area contributed by atoms with Crippen molar-refractivity contribution >= 4 is 40.2 Å². The van der Waals surface area contributed by atoms with Gasteiger partial charge in [0.15, 0.2) is 0 Å². The Morgan fingerprint density at radius 3 is 2.39 bits per heavy atom. The van der Waals surface area contributed by atoms with E-state index in [0.717, 1.165) is 48.3 Å². The van der Waals surface area contributed by atoms with Crippen LogP contribution in [0.1, 0.15) is 15.2 Å². The minimum absolute atomic E-state index is 0.0593. The topological polar surface area (TPSA) is 35.6 Å². The molecule has 0 unspecified atom stereocenters. The van der Waals surface area contributed by atoms with Crippen LogP contribution in [0.5, 0.6) is 0 Å². The molecule has 144 valence electrons. The molecule has 4 rings (SSSR count). The molecule has 1 amide bonds. The number of hydrogen-bond donors (Lipinski definition) is 1. The molecule has 0 bridgehead atoms. The molecule has 0 saturated carbocycles. The van der Waals surface area contributed by atoms with E-state index in [4.69, 9.17) is 11.6 Å². The van der Waals surface area contributed by atoms with Gasteiger partial charge in [0.05, 0.1) is 4.88 Å². The fraction of sp³-hybridized carbons (Fsp3) is 0.227. The van der Waals surface area contributed by atoms with Crippen molar-refractivity contribution in [3.63, 3.8) is 0 Å². The Hall–Kier alpha value is -2.34. The van der Waals surface area contributed by atoms with Crippen LogP contribution in [0.2, 0.25) is 5.02 Å². The Bertz CT molecular complexity index is 919. The smallest absolute Gasteiger partial charge is 0.265 e. The predicted octanol–water partition coefficient (Wildman–Crippen LogP) is 4.98. The number of nitrogens with one attached hydrogen (secondary N) is 1. The Morgan fingerprint density at radius 2 is 1.71 bits per heavy atom. The first-order chi connectivity index (χ1) is 13.7. The molecule has 6 heteroatoms. The van der Waals surface area contributed by atoms with Crippen molar-refractivity contribution in [2.45, 2.75) is 6.54 Å². The third-order valence-electron chi connectivity index (χ3n) is 4.96. The summed E-state index contributed by atoms with van der Waals surface area (Å²) < 4.78 is 0. The number of anilines is 2. The van der Waals surface area contributed by atoms with Crippen LogP contribution in [-0.4, -0.2) is 37.0 Å². The highest BCUT2D eigenvalue weighted by molar-refractivity contribution is 7.12. The number of hydrogen-bond acceptors (Lipinski definition) is 4. The normalized spacial score (nSPS) is 14.8. The molecule has 2 heterocycles. The van der Waals surface area contributed by atoms with Gasteiger partial charge < -0.3 is 10.2 Å². The maximum Gasteiger partial charge on any atom is 0.265 e. The van der Waals surface area contributed by atoms with E-state index in [-0.39, 0.29) is 5.91 Å². The summed E-state index contributed by atoms with van der Waals surface area (Å²) in [6.45, 7) is 4.85. The van der Waals surface area contributed by atoms with Crippen molar-refractivity contribution in [1.82, 2.24) is 4.90 Å². The standard InChI is InChI=1S/C22H22ClN3OS/c23-20-5-2-1-4-17(20)16-25-11-13-26(14-12-25)19-9-7-18(8-10-19)24-22(27)21-6-3-15-28-21/h1-10,15H,11-14,16H2,(H,24,27). The summed E-state index contributed by atoms with van der Waals surface area (Å²) in [6, 6.07) is 19.9. The Kier molecular flexibility index (Phi) is 5.95. The molecular formula is C22H22ClN3OS. The second kappa shape index (κ2) is 8.78. The molecule has 3 aromatic rings. The van der Waals surface area contributed by atoms with E-state index in [9.17, 15) is 4.79 Å². The highest BCUT2D eigenvalue weighted by atomic mass is 35.5. The maximum atomic E-state index is 12.1. The lowest BCUT2D eigenvalue weighted by molar-refractivity contribution is 0.103. The first-order valence-corrected chi connectivity index (χ1v) is 10.6. The molecule has 1 saturated heterocycles. The van der Waals surface area contributed by atoms with Gasteiger partial charge in [-0.2, -0.15) is 0 Å². The maximum absolute atomic E-state index is 12.1. The minimum atomic E-state index is -0.0593. The monoisotopic (exact) mass is 411 g/mol. The lowest BCUT2D eigenvalue weighted by atomic mass is 10.2. The SMILES string of the molecule is O=C(Nc1ccc(N2CCN(Cc3ccccc3Cl)CC2)cc1)c1cccs1. The third kappa shape index (κ3) is 4.55. The van der Waals surface area contributed by atoms with E-state index in [1.165, 1.54) is 22.6 Å². The van der Waals surface area contributed by atoms with Crippen molar-refractivity contribution in [1.29, 1.82) is 0 Å². The number of carbonyl (C=O) groups excluding carboxylic acids is 1. The molecule has 1 aliphatic rings. The molecule has 0 radical (unpaired) electrons. The lowest BCUT2D eigenvalue weighted by Crippen LogP contribution is -2.46. The van der Waals surface area contributed by atoms with Crippen LogP contribution in [0.4, 0.5) is 11.4 Å². The quantitative estimate of drug-likeness (QED) is 0.643. The van der Waals surface area contributed by atoms with Crippen molar-refractivity contribution in [2.75, 3.05) is 36.4 Å². The van der Waals surface area contributed by atoms with Crippen LogP contribution in [0, 0.1) is 0 Å². The zero-order chi connectivity index (χ0) is 19.3. The summed E-state index contributed by atoms with van der Waals surface area (Å²) in [5.41, 5.74) is 3.19. The summed E-state index contributed by atoms with van der Waals surface area (Å²) >= 11 is 7.73. The van der Waals surface area contributed by atoms with Gasteiger partial charge in [-0.3, -0.25) is 9.69 Å². The number of nitrogens with zero attached hydrogens (tertiary/aromatic N) is 2. The van der Waals surface area contributed by atoms with E-state index < -0.39 is 0 Å². The minimum Gasteiger partial charge on any atom is -0.369 e. The van der Waals surface area contributed by atoms with Gasteiger partial charge in [0.1, 0.15) is 0 Å². The van der Waals surface area contributed by atoms with Gasteiger partial charge in [-0.05, 0) is 47.3 Å². The molecule has 0 spiro atoms. The van der Waals surface area contributed by atoms with E-state index in [1.54, 1.807) is 0 Å². The number of benzene rings is 2. The van der Waals surface area contributed by atoms with Crippen LogP contribution in [-0.2, 0) is 6.54 Å². The van der Waals surface area contributed by atoms with Crippen molar-refractivity contribution in [3.8, 4) is 0 Å². The molecule has 0 atom stereocenters. The molecule has 1 N–H and O–H groups in total. The first-order valence-electron chi connectivity index (χ1n) is 9.35. The number of amides is 1. The van der Waals surface area contributed by atoms with Gasteiger partial charge in [0.2, 0.25) is 0 Å². The number of piperazine rings is 1. The van der Waals surface area contributed by atoms with Gasteiger partial charge >= 0.3 is 0 Å². The summed E-state index contributed by atoms with van der Waals surface area (Å²) in [5, 5.41) is 5.69. The number of thiophene rings is 1. The molecule has 2 aromatic carbocycles. The fourth-order valence-electron chi connectivity index (χ4n) is 3.39. The molecule has 4 nitrogen and oxygen atoms in total. The lowest BCUT2D eigenvalue weighted by Gasteiger charge is -2.36. The van der Waals surface area contributed by atoms with E-state index in [2.05, 4.69) is 33.3 Å². The number of carbonyl (C=O) groups is 1. The molecule has 1 fully saturated rings. The van der Waals surface area contributed by atoms with Gasteiger partial charge in [0.25, 0.3) is 5.91 Å². The van der Waals surface area contributed by atoms with Crippen molar-refractivity contribution in [3.05, 3.63) is 81.5 Å². The number of rotatable bonds is 5. The first kappa shape index (κ1) is 19.0. The van der Waals surface area contributed by atoms with Crippen LogP contribution in [0.15, 0.2) is 66.0 Å². The molecule has 28 heavy (non-hydrogen) atoms. The summed E-state index contributed by atoms with van der Waals surface area (Å²) in [4.78, 5) is 17.7. The van der Waals surface area contributed by atoms with Crippen LogP contribution < -0.4 is 10.2 Å². The van der Waals surface area contributed by atoms with E-state index in [0.29, 0.717) is 0 Å². The third-order valence-corrected chi connectivity index (χ3v) is 6.20. The Balaban J connectivity index is 1.31. The van der Waals surface area contributed by atoms with Gasteiger partial charge in [-0.25, -0.2) is 0 Å². The van der Waals surface area contributed by atoms with Gasteiger partial charge in [-0.1, -0.05) is 35.9 Å². The predicted molar refractivity (Wildman–Crippen MR) is 118 cm³/mol. The Morgan fingerprint density at radius 1 is 0.964 bits per heavy atom. The molecule has 1 aromatic heterocycles. The van der Waals surface area contributed by atoms with E-state index in [1.807, 2.05) is 47.8 Å². The molecule has 1 aliphatic heterocycles. The second-order valence-electron chi connectivity index (χ2n) is 6.83. The molecular weight excluding hydrogens is 390 g/mol. The summed E-state index contributed by atoms with van der Waals surface area (Å²) in [7, 11) is 0. The van der Waals surface area contributed by atoms with Crippen LogP contribution in [0.3, 0.4) is 0 Å². The average molecular weight is 412 g/mol. The van der Waals surface area contributed by atoms with Crippen LogP contribution >= 0.6 is 22.9 Å². The highest BCUT2D eigenvalue weighted by Crippen LogP contribution is 2.22. The zero-order valence-corrected chi connectivity index (χ0v) is 17.0. The number of halogens is 1.